The van der Waals surface area contributed by atoms with E-state index in [9.17, 15) is 14.4 Å². The molecule has 2 aromatic carbocycles. The number of halogens is 1. The van der Waals surface area contributed by atoms with Crippen LogP contribution in [0.4, 0.5) is 0 Å². The van der Waals surface area contributed by atoms with E-state index < -0.39 is 24.5 Å². The molecule has 10 heteroatoms. The Bertz CT molecular complexity index is 1140. The topological polar surface area (TPSA) is 117 Å². The van der Waals surface area contributed by atoms with Crippen molar-refractivity contribution in [1.82, 2.24) is 9.78 Å². The van der Waals surface area contributed by atoms with Gasteiger partial charge in [-0.15, -0.1) is 0 Å². The zero-order valence-electron chi connectivity index (χ0n) is 16.5. The van der Waals surface area contributed by atoms with Crippen LogP contribution >= 0.6 is 11.6 Å². The molecule has 3 aromatic rings. The van der Waals surface area contributed by atoms with Crippen molar-refractivity contribution in [3.8, 4) is 22.7 Å². The van der Waals surface area contributed by atoms with E-state index in [-0.39, 0.29) is 33.3 Å². The second-order valence-electron chi connectivity index (χ2n) is 6.13. The maximum absolute atomic E-state index is 12.7. The van der Waals surface area contributed by atoms with E-state index in [2.05, 4.69) is 5.10 Å². The minimum Gasteiger partial charge on any atom is -0.481 e. The Labute approximate surface area is 181 Å². The Morgan fingerprint density at radius 3 is 2.32 bits per heavy atom. The summed E-state index contributed by atoms with van der Waals surface area (Å²) in [6, 6.07) is 13.0. The zero-order valence-corrected chi connectivity index (χ0v) is 17.3. The number of hydrogen-bond donors (Lipinski definition) is 1. The monoisotopic (exact) mass is 444 g/mol. The fourth-order valence-electron chi connectivity index (χ4n) is 2.90. The van der Waals surface area contributed by atoms with Crippen molar-refractivity contribution < 1.29 is 33.7 Å². The summed E-state index contributed by atoms with van der Waals surface area (Å²) >= 11 is 6.13. The summed E-state index contributed by atoms with van der Waals surface area (Å²) in [5, 5.41) is 13.7. The molecule has 0 fully saturated rings. The van der Waals surface area contributed by atoms with Crippen LogP contribution in [0.2, 0.25) is 5.02 Å². The third-order valence-electron chi connectivity index (χ3n) is 4.20. The summed E-state index contributed by atoms with van der Waals surface area (Å²) in [6.07, 6.45) is 0. The van der Waals surface area contributed by atoms with E-state index in [0.717, 1.165) is 7.11 Å². The number of aromatic nitrogens is 2. The first kappa shape index (κ1) is 21.8. The number of esters is 2. The molecule has 0 aliphatic rings. The van der Waals surface area contributed by atoms with Crippen LogP contribution in [0.5, 0.6) is 5.75 Å². The first-order valence-electron chi connectivity index (χ1n) is 8.87. The summed E-state index contributed by atoms with van der Waals surface area (Å²) in [4.78, 5) is 36.3. The van der Waals surface area contributed by atoms with Crippen molar-refractivity contribution in [2.45, 2.75) is 0 Å². The van der Waals surface area contributed by atoms with Gasteiger partial charge in [-0.25, -0.2) is 19.1 Å². The number of carbonyl (C=O) groups is 3. The second-order valence-corrected chi connectivity index (χ2v) is 6.56. The largest absolute Gasteiger partial charge is 0.481 e. The molecule has 0 saturated carbocycles. The summed E-state index contributed by atoms with van der Waals surface area (Å²) in [7, 11) is 2.33. The van der Waals surface area contributed by atoms with Crippen molar-refractivity contribution in [2.75, 3.05) is 20.8 Å². The van der Waals surface area contributed by atoms with Gasteiger partial charge >= 0.3 is 17.9 Å². The van der Waals surface area contributed by atoms with Crippen LogP contribution in [0, 0.1) is 0 Å². The number of rotatable bonds is 7. The molecule has 31 heavy (non-hydrogen) atoms. The van der Waals surface area contributed by atoms with Crippen molar-refractivity contribution >= 4 is 29.5 Å². The van der Waals surface area contributed by atoms with Gasteiger partial charge in [0.2, 0.25) is 0 Å². The molecule has 0 atom stereocenters. The number of carboxylic acid groups (broad SMARTS) is 1. The lowest BCUT2D eigenvalue weighted by Crippen LogP contribution is -2.15. The zero-order chi connectivity index (χ0) is 22.5. The first-order valence-corrected chi connectivity index (χ1v) is 9.24. The second kappa shape index (κ2) is 9.31. The lowest BCUT2D eigenvalue weighted by molar-refractivity contribution is -0.139. The van der Waals surface area contributed by atoms with Gasteiger partial charge in [-0.1, -0.05) is 29.8 Å². The minimum atomic E-state index is -1.20. The Kier molecular flexibility index (Phi) is 6.56. The molecule has 0 aliphatic carbocycles. The number of carboxylic acids is 1. The molecular formula is C21H17ClN2O7. The highest BCUT2D eigenvalue weighted by Crippen LogP contribution is 2.36. The molecule has 1 aromatic heterocycles. The van der Waals surface area contributed by atoms with E-state index in [1.54, 1.807) is 30.3 Å². The van der Waals surface area contributed by atoms with E-state index in [0.29, 0.717) is 5.69 Å². The minimum absolute atomic E-state index is 0.0130. The molecule has 1 N–H and O–H groups in total. The predicted octanol–water partition coefficient (Wildman–Crippen LogP) is 3.23. The van der Waals surface area contributed by atoms with Crippen LogP contribution < -0.4 is 4.74 Å². The first-order chi connectivity index (χ1) is 14.9. The highest BCUT2D eigenvalue weighted by atomic mass is 35.5. The maximum atomic E-state index is 12.7. The summed E-state index contributed by atoms with van der Waals surface area (Å²) in [5.74, 6) is -2.76. The van der Waals surface area contributed by atoms with E-state index >= 15 is 0 Å². The Hall–Kier alpha value is -3.85. The molecule has 0 bridgehead atoms. The Morgan fingerprint density at radius 1 is 1.03 bits per heavy atom. The molecule has 0 saturated heterocycles. The van der Waals surface area contributed by atoms with Crippen LogP contribution in [0.3, 0.4) is 0 Å². The predicted molar refractivity (Wildman–Crippen MR) is 110 cm³/mol. The summed E-state index contributed by atoms with van der Waals surface area (Å²) < 4.78 is 16.3. The smallest absolute Gasteiger partial charge is 0.357 e. The average molecular weight is 445 g/mol. The molecule has 160 valence electrons. The van der Waals surface area contributed by atoms with Gasteiger partial charge in [0.05, 0.1) is 19.9 Å². The van der Waals surface area contributed by atoms with Crippen LogP contribution in [0.15, 0.2) is 48.5 Å². The highest BCUT2D eigenvalue weighted by Gasteiger charge is 2.32. The van der Waals surface area contributed by atoms with Gasteiger partial charge in [0, 0.05) is 10.6 Å². The van der Waals surface area contributed by atoms with Crippen molar-refractivity contribution in [1.29, 1.82) is 0 Å². The van der Waals surface area contributed by atoms with Crippen molar-refractivity contribution in [3.05, 3.63) is 64.8 Å². The van der Waals surface area contributed by atoms with Gasteiger partial charge in [0.25, 0.3) is 0 Å². The number of hydrogen-bond acceptors (Lipinski definition) is 7. The van der Waals surface area contributed by atoms with Gasteiger partial charge in [-0.3, -0.25) is 0 Å². The molecular weight excluding hydrogens is 428 g/mol. The van der Waals surface area contributed by atoms with Crippen LogP contribution in [-0.2, 0) is 14.3 Å². The molecule has 1 heterocycles. The lowest BCUT2D eigenvalue weighted by Gasteiger charge is -2.10. The Balaban J connectivity index is 2.34. The third-order valence-corrected chi connectivity index (χ3v) is 4.44. The van der Waals surface area contributed by atoms with Crippen LogP contribution in [-0.4, -0.2) is 53.6 Å². The fourth-order valence-corrected chi connectivity index (χ4v) is 3.07. The number of nitrogens with zero attached hydrogens (tertiary/aromatic N) is 2. The fraction of sp³-hybridized carbons (Fsp3) is 0.143. The average Bonchev–Trinajstić information content (AvgIpc) is 3.18. The Morgan fingerprint density at radius 2 is 1.71 bits per heavy atom. The third kappa shape index (κ3) is 4.51. The highest BCUT2D eigenvalue weighted by molar-refractivity contribution is 6.31. The van der Waals surface area contributed by atoms with Crippen molar-refractivity contribution in [2.24, 2.45) is 0 Å². The molecule has 0 amide bonds. The standard InChI is InChI=1S/C21H17ClN2O7/c1-29-20(27)17-18(14-10-12(22)8-9-15(14)31-11-16(25)26)23-24(19(17)21(28)30-2)13-6-4-3-5-7-13/h3-10H,11H2,1-2H3,(H,25,26). The molecule has 3 rings (SSSR count). The van der Waals surface area contributed by atoms with Gasteiger partial charge in [-0.05, 0) is 30.3 Å². The molecule has 9 nitrogen and oxygen atoms in total. The van der Waals surface area contributed by atoms with E-state index in [1.807, 2.05) is 0 Å². The van der Waals surface area contributed by atoms with Gasteiger partial charge < -0.3 is 19.3 Å². The number of benzene rings is 2. The van der Waals surface area contributed by atoms with Crippen LogP contribution in [0.1, 0.15) is 20.8 Å². The summed E-state index contributed by atoms with van der Waals surface area (Å²) in [6.45, 7) is -0.633. The van der Waals surface area contributed by atoms with Gasteiger partial charge in [0.15, 0.2) is 12.3 Å². The van der Waals surface area contributed by atoms with Gasteiger partial charge in [-0.2, -0.15) is 5.10 Å². The van der Waals surface area contributed by atoms with Crippen molar-refractivity contribution in [3.63, 3.8) is 0 Å². The normalized spacial score (nSPS) is 10.4. The molecule has 0 radical (unpaired) electrons. The van der Waals surface area contributed by atoms with E-state index in [1.165, 1.54) is 30.0 Å². The summed E-state index contributed by atoms with van der Waals surface area (Å²) in [5.41, 5.74) is 0.350. The lowest BCUT2D eigenvalue weighted by atomic mass is 10.0. The quantitative estimate of drug-likeness (QED) is 0.552. The number of methoxy groups -OCH3 is 2. The van der Waals surface area contributed by atoms with Gasteiger partial charge in [0.1, 0.15) is 17.0 Å². The molecule has 0 unspecified atom stereocenters. The number of ether oxygens (including phenoxy) is 3. The SMILES string of the molecule is COC(=O)c1c(-c2cc(Cl)ccc2OCC(=O)O)nn(-c2ccccc2)c1C(=O)OC. The number of para-hydroxylation sites is 1. The van der Waals surface area contributed by atoms with E-state index in [4.69, 9.17) is 30.9 Å². The molecule has 0 aliphatic heterocycles. The van der Waals surface area contributed by atoms with Crippen LogP contribution in [0.25, 0.3) is 16.9 Å². The number of carbonyl (C=O) groups excluding carboxylic acids is 2. The molecule has 0 spiro atoms. The number of aliphatic carboxylic acids is 1. The maximum Gasteiger partial charge on any atom is 0.357 e.